The third-order valence-corrected chi connectivity index (χ3v) is 4.75. The second-order valence-corrected chi connectivity index (χ2v) is 6.47. The Bertz CT molecular complexity index is 737. The number of ether oxygens (including phenoxy) is 1. The summed E-state index contributed by atoms with van der Waals surface area (Å²) in [5.41, 5.74) is 9.91. The van der Waals surface area contributed by atoms with Crippen LogP contribution in [-0.2, 0) is 4.74 Å². The van der Waals surface area contributed by atoms with Gasteiger partial charge in [0.1, 0.15) is 0 Å². The Morgan fingerprint density at radius 2 is 1.84 bits per heavy atom. The minimum atomic E-state index is -0.140. The van der Waals surface area contributed by atoms with Gasteiger partial charge in [-0.15, -0.1) is 0 Å². The Labute approximate surface area is 148 Å². The van der Waals surface area contributed by atoms with Crippen LogP contribution < -0.4 is 11.1 Å². The van der Waals surface area contributed by atoms with Gasteiger partial charge in [-0.3, -0.25) is 9.69 Å². The van der Waals surface area contributed by atoms with Crippen molar-refractivity contribution in [2.24, 2.45) is 0 Å². The molecule has 1 aliphatic rings. The molecule has 1 fully saturated rings. The monoisotopic (exact) mass is 339 g/mol. The molecule has 1 atom stereocenters. The normalized spacial score (nSPS) is 16.4. The molecular formula is C20H25N3O2. The fourth-order valence-electron chi connectivity index (χ4n) is 3.10. The number of nitrogens with two attached hydrogens (primary N) is 1. The molecule has 1 saturated heterocycles. The molecule has 3 rings (SSSR count). The number of nitrogens with zero attached hydrogens (tertiary/aromatic N) is 1. The van der Waals surface area contributed by atoms with E-state index in [2.05, 4.69) is 29.3 Å². The predicted molar refractivity (Wildman–Crippen MR) is 101 cm³/mol. The van der Waals surface area contributed by atoms with Gasteiger partial charge in [0.25, 0.3) is 5.91 Å². The lowest BCUT2D eigenvalue weighted by atomic mass is 10.1. The molecule has 2 aromatic carbocycles. The van der Waals surface area contributed by atoms with Crippen molar-refractivity contribution < 1.29 is 9.53 Å². The lowest BCUT2D eigenvalue weighted by Gasteiger charge is -2.32. The molecule has 1 heterocycles. The second-order valence-electron chi connectivity index (χ2n) is 6.47. The van der Waals surface area contributed by atoms with Gasteiger partial charge >= 0.3 is 0 Å². The fraction of sp³-hybridized carbons (Fsp3) is 0.350. The summed E-state index contributed by atoms with van der Waals surface area (Å²) in [6.45, 7) is 7.59. The molecule has 1 aliphatic heterocycles. The number of nitrogen functional groups attached to an aromatic ring is 1. The van der Waals surface area contributed by atoms with E-state index < -0.39 is 0 Å². The van der Waals surface area contributed by atoms with E-state index in [1.165, 1.54) is 5.56 Å². The maximum atomic E-state index is 12.5. The molecular weight excluding hydrogens is 314 g/mol. The zero-order valence-electron chi connectivity index (χ0n) is 14.8. The van der Waals surface area contributed by atoms with Crippen molar-refractivity contribution in [3.63, 3.8) is 0 Å². The van der Waals surface area contributed by atoms with Gasteiger partial charge in [0.15, 0.2) is 0 Å². The van der Waals surface area contributed by atoms with E-state index in [1.54, 1.807) is 12.1 Å². The van der Waals surface area contributed by atoms with Gasteiger partial charge in [0.05, 0.1) is 13.2 Å². The summed E-state index contributed by atoms with van der Waals surface area (Å²) in [7, 11) is 0. The summed E-state index contributed by atoms with van der Waals surface area (Å²) in [6, 6.07) is 13.7. The summed E-state index contributed by atoms with van der Waals surface area (Å²) >= 11 is 0. The highest BCUT2D eigenvalue weighted by atomic mass is 16.5. The number of morpholine rings is 1. The van der Waals surface area contributed by atoms with Crippen LogP contribution >= 0.6 is 0 Å². The van der Waals surface area contributed by atoms with E-state index in [1.807, 2.05) is 25.1 Å². The quantitative estimate of drug-likeness (QED) is 0.839. The lowest BCUT2D eigenvalue weighted by Crippen LogP contribution is -2.37. The number of amides is 1. The summed E-state index contributed by atoms with van der Waals surface area (Å²) in [4.78, 5) is 14.9. The van der Waals surface area contributed by atoms with Crippen LogP contribution in [0.3, 0.4) is 0 Å². The van der Waals surface area contributed by atoms with E-state index in [9.17, 15) is 4.79 Å². The highest BCUT2D eigenvalue weighted by molar-refractivity contribution is 6.05. The van der Waals surface area contributed by atoms with Gasteiger partial charge in [-0.05, 0) is 49.2 Å². The smallest absolute Gasteiger partial charge is 0.256 e. The standard InChI is InChI=1S/C20H25N3O2/c1-14-3-6-17(21)13-19(14)20(24)22-18-7-4-16(5-8-18)15(2)23-9-11-25-12-10-23/h3-8,13,15H,9-12,21H2,1-2H3,(H,22,24). The van der Waals surface area contributed by atoms with E-state index in [0.717, 1.165) is 37.6 Å². The molecule has 0 aliphatic carbocycles. The Kier molecular flexibility index (Phi) is 5.36. The van der Waals surface area contributed by atoms with Gasteiger partial charge in [0, 0.05) is 36.1 Å². The minimum absolute atomic E-state index is 0.140. The Morgan fingerprint density at radius 3 is 2.52 bits per heavy atom. The second kappa shape index (κ2) is 7.68. The molecule has 0 saturated carbocycles. The zero-order chi connectivity index (χ0) is 17.8. The highest BCUT2D eigenvalue weighted by Crippen LogP contribution is 2.23. The molecule has 132 valence electrons. The van der Waals surface area contributed by atoms with Crippen molar-refractivity contribution in [2.45, 2.75) is 19.9 Å². The third-order valence-electron chi connectivity index (χ3n) is 4.75. The van der Waals surface area contributed by atoms with E-state index in [4.69, 9.17) is 10.5 Å². The summed E-state index contributed by atoms with van der Waals surface area (Å²) in [6.07, 6.45) is 0. The first-order chi connectivity index (χ1) is 12.0. The van der Waals surface area contributed by atoms with Crippen LogP contribution in [0.4, 0.5) is 11.4 Å². The Balaban J connectivity index is 1.68. The largest absolute Gasteiger partial charge is 0.399 e. The van der Waals surface area contributed by atoms with Crippen LogP contribution in [0, 0.1) is 6.92 Å². The number of carbonyl (C=O) groups is 1. The van der Waals surface area contributed by atoms with Crippen molar-refractivity contribution in [1.82, 2.24) is 4.90 Å². The molecule has 2 aromatic rings. The third kappa shape index (κ3) is 4.18. The van der Waals surface area contributed by atoms with E-state index >= 15 is 0 Å². The number of hydrogen-bond donors (Lipinski definition) is 2. The molecule has 0 radical (unpaired) electrons. The molecule has 1 unspecified atom stereocenters. The topological polar surface area (TPSA) is 67.6 Å². The van der Waals surface area contributed by atoms with Gasteiger partial charge in [0.2, 0.25) is 0 Å². The van der Waals surface area contributed by atoms with Crippen molar-refractivity contribution in [3.05, 3.63) is 59.2 Å². The van der Waals surface area contributed by atoms with E-state index in [-0.39, 0.29) is 5.91 Å². The lowest BCUT2D eigenvalue weighted by molar-refractivity contribution is 0.0198. The first kappa shape index (κ1) is 17.5. The van der Waals surface area contributed by atoms with Gasteiger partial charge in [-0.1, -0.05) is 18.2 Å². The summed E-state index contributed by atoms with van der Waals surface area (Å²) in [5, 5.41) is 2.94. The van der Waals surface area contributed by atoms with Crippen molar-refractivity contribution in [2.75, 3.05) is 37.4 Å². The van der Waals surface area contributed by atoms with Crippen molar-refractivity contribution in [1.29, 1.82) is 0 Å². The Morgan fingerprint density at radius 1 is 1.16 bits per heavy atom. The summed E-state index contributed by atoms with van der Waals surface area (Å²) < 4.78 is 5.41. The van der Waals surface area contributed by atoms with Gasteiger partial charge in [-0.2, -0.15) is 0 Å². The number of anilines is 2. The molecule has 0 spiro atoms. The number of nitrogens with one attached hydrogen (secondary N) is 1. The minimum Gasteiger partial charge on any atom is -0.399 e. The van der Waals surface area contributed by atoms with Crippen LogP contribution in [0.25, 0.3) is 0 Å². The van der Waals surface area contributed by atoms with Gasteiger partial charge in [-0.25, -0.2) is 0 Å². The number of carbonyl (C=O) groups excluding carboxylic acids is 1. The molecule has 0 bridgehead atoms. The first-order valence-corrected chi connectivity index (χ1v) is 8.64. The number of aryl methyl sites for hydroxylation is 1. The average molecular weight is 339 g/mol. The number of benzene rings is 2. The molecule has 5 nitrogen and oxygen atoms in total. The van der Waals surface area contributed by atoms with Crippen LogP contribution in [0.5, 0.6) is 0 Å². The Hall–Kier alpha value is -2.37. The maximum Gasteiger partial charge on any atom is 0.256 e. The van der Waals surface area contributed by atoms with Gasteiger partial charge < -0.3 is 15.8 Å². The van der Waals surface area contributed by atoms with Crippen LogP contribution in [-0.4, -0.2) is 37.1 Å². The number of rotatable bonds is 4. The molecule has 3 N–H and O–H groups in total. The molecule has 0 aromatic heterocycles. The van der Waals surface area contributed by atoms with Crippen molar-refractivity contribution in [3.8, 4) is 0 Å². The number of hydrogen-bond acceptors (Lipinski definition) is 4. The first-order valence-electron chi connectivity index (χ1n) is 8.64. The molecule has 1 amide bonds. The predicted octanol–water partition coefficient (Wildman–Crippen LogP) is 3.22. The fourth-order valence-corrected chi connectivity index (χ4v) is 3.10. The SMILES string of the molecule is Cc1ccc(N)cc1C(=O)Nc1ccc(C(C)N2CCOCC2)cc1. The summed E-state index contributed by atoms with van der Waals surface area (Å²) in [5.74, 6) is -0.140. The van der Waals surface area contributed by atoms with Crippen molar-refractivity contribution >= 4 is 17.3 Å². The van der Waals surface area contributed by atoms with E-state index in [0.29, 0.717) is 17.3 Å². The zero-order valence-corrected chi connectivity index (χ0v) is 14.8. The van der Waals surface area contributed by atoms with Crippen LogP contribution in [0.1, 0.15) is 34.5 Å². The molecule has 5 heteroatoms. The van der Waals surface area contributed by atoms with Crippen LogP contribution in [0.15, 0.2) is 42.5 Å². The highest BCUT2D eigenvalue weighted by Gasteiger charge is 2.18. The maximum absolute atomic E-state index is 12.5. The van der Waals surface area contributed by atoms with Crippen LogP contribution in [0.2, 0.25) is 0 Å². The average Bonchev–Trinajstić information content (AvgIpc) is 2.64. The molecule has 25 heavy (non-hydrogen) atoms.